The lowest BCUT2D eigenvalue weighted by molar-refractivity contribution is -0.149. The second kappa shape index (κ2) is 11.2. The smallest absolute Gasteiger partial charge is 0.326 e. The molecule has 174 valence electrons. The summed E-state index contributed by atoms with van der Waals surface area (Å²) < 4.78 is 0. The third kappa shape index (κ3) is 6.77. The van der Waals surface area contributed by atoms with Crippen LogP contribution in [0.1, 0.15) is 31.7 Å². The number of carboxylic acid groups (broad SMARTS) is 1. The van der Waals surface area contributed by atoms with Gasteiger partial charge in [0, 0.05) is 13.0 Å². The number of carboxylic acids is 1. The van der Waals surface area contributed by atoms with E-state index in [2.05, 4.69) is 10.6 Å². The third-order valence-electron chi connectivity index (χ3n) is 5.17. The van der Waals surface area contributed by atoms with Crippen molar-refractivity contribution in [2.24, 2.45) is 11.5 Å². The van der Waals surface area contributed by atoms with Gasteiger partial charge in [-0.3, -0.25) is 19.2 Å². The molecule has 0 saturated carbocycles. The lowest BCUT2D eigenvalue weighted by Gasteiger charge is -2.28. The molecule has 0 bridgehead atoms. The fourth-order valence-corrected chi connectivity index (χ4v) is 3.52. The van der Waals surface area contributed by atoms with E-state index in [9.17, 15) is 29.1 Å². The number of likely N-dealkylation sites (tertiary alicyclic amines) is 1. The van der Waals surface area contributed by atoms with Gasteiger partial charge in [-0.2, -0.15) is 0 Å². The summed E-state index contributed by atoms with van der Waals surface area (Å²) in [7, 11) is 0. The molecule has 32 heavy (non-hydrogen) atoms. The van der Waals surface area contributed by atoms with E-state index in [1.165, 1.54) is 6.92 Å². The minimum atomic E-state index is -1.36. The zero-order chi connectivity index (χ0) is 23.8. The van der Waals surface area contributed by atoms with Crippen molar-refractivity contribution in [2.75, 3.05) is 6.54 Å². The zero-order valence-electron chi connectivity index (χ0n) is 17.8. The van der Waals surface area contributed by atoms with Crippen LogP contribution in [0.3, 0.4) is 0 Å². The molecule has 0 aromatic heterocycles. The van der Waals surface area contributed by atoms with Gasteiger partial charge in [0.15, 0.2) is 0 Å². The molecule has 0 radical (unpaired) electrons. The van der Waals surface area contributed by atoms with Crippen molar-refractivity contribution in [3.8, 4) is 0 Å². The molecule has 0 spiro atoms. The number of carbonyl (C=O) groups is 5. The molecule has 11 nitrogen and oxygen atoms in total. The molecule has 11 heteroatoms. The van der Waals surface area contributed by atoms with E-state index in [0.29, 0.717) is 6.42 Å². The number of primary amides is 1. The van der Waals surface area contributed by atoms with Crippen LogP contribution < -0.4 is 22.1 Å². The van der Waals surface area contributed by atoms with Crippen molar-refractivity contribution >= 4 is 29.6 Å². The second-order valence-electron chi connectivity index (χ2n) is 7.80. The Morgan fingerprint density at radius 1 is 1.09 bits per heavy atom. The number of rotatable bonds is 10. The molecule has 1 aliphatic rings. The normalized spacial score (nSPS) is 18.3. The van der Waals surface area contributed by atoms with Gasteiger partial charge in [0.2, 0.25) is 23.6 Å². The summed E-state index contributed by atoms with van der Waals surface area (Å²) in [5, 5.41) is 14.4. The van der Waals surface area contributed by atoms with Crippen molar-refractivity contribution in [2.45, 2.75) is 56.8 Å². The maximum Gasteiger partial charge on any atom is 0.326 e. The number of nitrogens with zero attached hydrogens (tertiary/aromatic N) is 1. The van der Waals surface area contributed by atoms with Crippen LogP contribution in [0.4, 0.5) is 0 Å². The van der Waals surface area contributed by atoms with Crippen LogP contribution in [0.25, 0.3) is 0 Å². The zero-order valence-corrected chi connectivity index (χ0v) is 17.8. The first kappa shape index (κ1) is 24.8. The molecular weight excluding hydrogens is 418 g/mol. The van der Waals surface area contributed by atoms with Crippen LogP contribution in [0.15, 0.2) is 30.3 Å². The molecule has 1 fully saturated rings. The van der Waals surface area contributed by atoms with E-state index in [0.717, 1.165) is 10.5 Å². The Hall–Kier alpha value is -3.47. The number of nitrogens with one attached hydrogen (secondary N) is 2. The van der Waals surface area contributed by atoms with Gasteiger partial charge in [-0.1, -0.05) is 30.3 Å². The van der Waals surface area contributed by atoms with E-state index in [1.807, 2.05) is 0 Å². The summed E-state index contributed by atoms with van der Waals surface area (Å²) in [6.07, 6.45) is 0.372. The minimum absolute atomic E-state index is 0.115. The molecule has 1 aromatic rings. The first-order chi connectivity index (χ1) is 15.1. The molecule has 4 atom stereocenters. The average Bonchev–Trinajstić information content (AvgIpc) is 3.22. The number of benzene rings is 1. The van der Waals surface area contributed by atoms with Gasteiger partial charge in [-0.15, -0.1) is 0 Å². The SMILES string of the molecule is CC(N)C(=O)NC(Cc1ccccc1)C(=O)NC(CC(N)=O)C(=O)N1CCCC1C(=O)O. The summed E-state index contributed by atoms with van der Waals surface area (Å²) in [4.78, 5) is 62.3. The lowest BCUT2D eigenvalue weighted by Crippen LogP contribution is -2.58. The van der Waals surface area contributed by atoms with Gasteiger partial charge in [-0.05, 0) is 25.3 Å². The first-order valence-corrected chi connectivity index (χ1v) is 10.3. The van der Waals surface area contributed by atoms with Crippen molar-refractivity contribution in [3.63, 3.8) is 0 Å². The highest BCUT2D eigenvalue weighted by Gasteiger charge is 2.38. The standard InChI is InChI=1S/C21H29N5O6/c1-12(22)18(28)24-14(10-13-6-3-2-4-7-13)19(29)25-15(11-17(23)27)20(30)26-9-5-8-16(26)21(31)32/h2-4,6-7,12,14-16H,5,8-11,22H2,1H3,(H2,23,27)(H,24,28)(H,25,29)(H,31,32). The Morgan fingerprint density at radius 2 is 1.72 bits per heavy atom. The Kier molecular flexibility index (Phi) is 8.71. The lowest BCUT2D eigenvalue weighted by atomic mass is 10.0. The summed E-state index contributed by atoms with van der Waals surface area (Å²) in [6, 6.07) is 4.55. The van der Waals surface area contributed by atoms with Gasteiger partial charge in [0.05, 0.1) is 12.5 Å². The predicted molar refractivity (Wildman–Crippen MR) is 114 cm³/mol. The summed E-state index contributed by atoms with van der Waals surface area (Å²) >= 11 is 0. The van der Waals surface area contributed by atoms with E-state index >= 15 is 0 Å². The van der Waals surface area contributed by atoms with E-state index in [1.54, 1.807) is 30.3 Å². The van der Waals surface area contributed by atoms with Crippen molar-refractivity contribution in [1.29, 1.82) is 0 Å². The number of nitrogens with two attached hydrogens (primary N) is 2. The number of hydrogen-bond acceptors (Lipinski definition) is 6. The van der Waals surface area contributed by atoms with Gasteiger partial charge in [0.25, 0.3) is 0 Å². The van der Waals surface area contributed by atoms with E-state index < -0.39 is 60.2 Å². The molecule has 1 heterocycles. The highest BCUT2D eigenvalue weighted by atomic mass is 16.4. The molecule has 4 unspecified atom stereocenters. The van der Waals surface area contributed by atoms with Crippen LogP contribution >= 0.6 is 0 Å². The molecule has 7 N–H and O–H groups in total. The fourth-order valence-electron chi connectivity index (χ4n) is 3.52. The van der Waals surface area contributed by atoms with Crippen LogP contribution in [-0.4, -0.2) is 70.3 Å². The number of hydrogen-bond donors (Lipinski definition) is 5. The molecule has 0 aliphatic carbocycles. The van der Waals surface area contributed by atoms with E-state index in [4.69, 9.17) is 11.5 Å². The molecule has 2 rings (SSSR count). The number of carbonyl (C=O) groups excluding carboxylic acids is 4. The second-order valence-corrected chi connectivity index (χ2v) is 7.80. The Morgan fingerprint density at radius 3 is 2.28 bits per heavy atom. The van der Waals surface area contributed by atoms with Gasteiger partial charge >= 0.3 is 5.97 Å². The maximum absolute atomic E-state index is 13.0. The highest BCUT2D eigenvalue weighted by molar-refractivity contribution is 5.96. The Balaban J connectivity index is 2.22. The molecule has 1 aliphatic heterocycles. The van der Waals surface area contributed by atoms with Crippen LogP contribution in [-0.2, 0) is 30.4 Å². The maximum atomic E-state index is 13.0. The number of aliphatic carboxylic acids is 1. The largest absolute Gasteiger partial charge is 0.480 e. The van der Waals surface area contributed by atoms with Gasteiger partial charge in [0.1, 0.15) is 18.1 Å². The molecule has 1 saturated heterocycles. The van der Waals surface area contributed by atoms with Gasteiger partial charge in [-0.25, -0.2) is 4.79 Å². The van der Waals surface area contributed by atoms with Crippen LogP contribution in [0.2, 0.25) is 0 Å². The quantitative estimate of drug-likeness (QED) is 0.289. The van der Waals surface area contributed by atoms with Crippen molar-refractivity contribution < 1.29 is 29.1 Å². The molecule has 1 aromatic carbocycles. The molecule has 4 amide bonds. The van der Waals surface area contributed by atoms with Crippen molar-refractivity contribution in [1.82, 2.24) is 15.5 Å². The Labute approximate surface area is 185 Å². The summed E-state index contributed by atoms with van der Waals surface area (Å²) in [6.45, 7) is 1.65. The number of amides is 4. The first-order valence-electron chi connectivity index (χ1n) is 10.3. The Bertz CT molecular complexity index is 859. The fraction of sp³-hybridized carbons (Fsp3) is 0.476. The van der Waals surface area contributed by atoms with E-state index in [-0.39, 0.29) is 19.4 Å². The highest BCUT2D eigenvalue weighted by Crippen LogP contribution is 2.19. The van der Waals surface area contributed by atoms with Gasteiger partial charge < -0.3 is 32.1 Å². The predicted octanol–water partition coefficient (Wildman–Crippen LogP) is -1.50. The van der Waals surface area contributed by atoms with Crippen LogP contribution in [0.5, 0.6) is 0 Å². The monoisotopic (exact) mass is 447 g/mol. The van der Waals surface area contributed by atoms with Crippen LogP contribution in [0, 0.1) is 0 Å². The third-order valence-corrected chi connectivity index (χ3v) is 5.17. The molecular formula is C21H29N5O6. The topological polar surface area (TPSA) is 185 Å². The summed E-state index contributed by atoms with van der Waals surface area (Å²) in [5.41, 5.74) is 11.6. The average molecular weight is 447 g/mol. The van der Waals surface area contributed by atoms with Crippen molar-refractivity contribution in [3.05, 3.63) is 35.9 Å². The minimum Gasteiger partial charge on any atom is -0.480 e. The summed E-state index contributed by atoms with van der Waals surface area (Å²) in [5.74, 6) is -3.99.